The van der Waals surface area contributed by atoms with E-state index < -0.39 is 23.4 Å². The molecule has 0 radical (unpaired) electrons. The van der Waals surface area contributed by atoms with Crippen molar-refractivity contribution in [3.05, 3.63) is 71.3 Å². The van der Waals surface area contributed by atoms with Gasteiger partial charge in [0.2, 0.25) is 0 Å². The summed E-state index contributed by atoms with van der Waals surface area (Å²) in [7, 11) is 1.77. The van der Waals surface area contributed by atoms with E-state index in [0.717, 1.165) is 19.2 Å². The Labute approximate surface area is 175 Å². The quantitative estimate of drug-likeness (QED) is 0.686. The number of benzene rings is 2. The molecule has 0 bridgehead atoms. The van der Waals surface area contributed by atoms with E-state index in [4.69, 9.17) is 0 Å². The van der Waals surface area contributed by atoms with Crippen LogP contribution in [0.1, 0.15) is 23.1 Å². The van der Waals surface area contributed by atoms with Crippen LogP contribution in [0.2, 0.25) is 0 Å². The smallest absolute Gasteiger partial charge is 0.391 e. The summed E-state index contributed by atoms with van der Waals surface area (Å²) in [5.41, 5.74) is -0.335. The van der Waals surface area contributed by atoms with Gasteiger partial charge < -0.3 is 15.1 Å². The van der Waals surface area contributed by atoms with Gasteiger partial charge in [-0.1, -0.05) is 48.5 Å². The van der Waals surface area contributed by atoms with E-state index in [1.54, 1.807) is 18.0 Å². The second-order valence-corrected chi connectivity index (χ2v) is 8.38. The minimum Gasteiger partial charge on any atom is -0.391 e. The number of alkyl halides is 3. The molecular weight excluding hydrogens is 393 g/mol. The second-order valence-electron chi connectivity index (χ2n) is 8.38. The highest BCUT2D eigenvalue weighted by Gasteiger charge is 2.37. The number of β-amino-alcohol motifs (C(OH)–C–C–N with tert-alkyl or cyclic N) is 1. The highest BCUT2D eigenvalue weighted by Crippen LogP contribution is 2.32. The van der Waals surface area contributed by atoms with Crippen molar-refractivity contribution >= 4 is 0 Å². The predicted octanol–water partition coefficient (Wildman–Crippen LogP) is 3.18. The molecule has 2 aromatic rings. The lowest BCUT2D eigenvalue weighted by atomic mass is 10.00. The van der Waals surface area contributed by atoms with Crippen molar-refractivity contribution < 1.29 is 23.4 Å². The summed E-state index contributed by atoms with van der Waals surface area (Å²) in [6, 6.07) is 15.4. The first-order valence-electron chi connectivity index (χ1n) is 10.1. The maximum atomic E-state index is 13.1. The highest BCUT2D eigenvalue weighted by atomic mass is 19.4. The molecule has 30 heavy (non-hydrogen) atoms. The lowest BCUT2D eigenvalue weighted by Gasteiger charge is -2.30. The van der Waals surface area contributed by atoms with E-state index >= 15 is 0 Å². The molecule has 0 spiro atoms. The molecule has 7 heteroatoms. The van der Waals surface area contributed by atoms with E-state index in [1.807, 2.05) is 18.2 Å². The summed E-state index contributed by atoms with van der Waals surface area (Å²) < 4.78 is 39.4. The maximum Gasteiger partial charge on any atom is 0.416 e. The molecule has 2 N–H and O–H groups in total. The number of likely N-dealkylation sites (N-methyl/N-ethyl adjacent to an activating group) is 1. The molecule has 0 amide bonds. The van der Waals surface area contributed by atoms with Crippen LogP contribution >= 0.6 is 0 Å². The molecule has 2 unspecified atom stereocenters. The zero-order chi connectivity index (χ0) is 21.8. The molecule has 1 heterocycles. The first-order chi connectivity index (χ1) is 14.1. The summed E-state index contributed by atoms with van der Waals surface area (Å²) in [6.45, 7) is 2.62. The van der Waals surface area contributed by atoms with Crippen LogP contribution in [0.5, 0.6) is 0 Å². The summed E-state index contributed by atoms with van der Waals surface area (Å²) >= 11 is 0. The molecule has 2 atom stereocenters. The number of likely N-dealkylation sites (tertiary alicyclic amines) is 1. The first kappa shape index (κ1) is 22.7. The fraction of sp³-hybridized carbons (Fsp3) is 0.478. The number of nitrogens with zero attached hydrogens (tertiary/aromatic N) is 2. The fourth-order valence-electron chi connectivity index (χ4n) is 4.27. The van der Waals surface area contributed by atoms with E-state index in [0.29, 0.717) is 19.5 Å². The van der Waals surface area contributed by atoms with Crippen LogP contribution in [0.4, 0.5) is 13.2 Å². The van der Waals surface area contributed by atoms with Gasteiger partial charge in [0.25, 0.3) is 0 Å². The number of halogens is 3. The van der Waals surface area contributed by atoms with Crippen molar-refractivity contribution in [2.24, 2.45) is 0 Å². The average Bonchev–Trinajstić information content (AvgIpc) is 3.01. The maximum absolute atomic E-state index is 13.1. The van der Waals surface area contributed by atoms with Gasteiger partial charge in [0.05, 0.1) is 17.3 Å². The third kappa shape index (κ3) is 6.28. The largest absolute Gasteiger partial charge is 0.416 e. The molecule has 1 aliphatic heterocycles. The van der Waals surface area contributed by atoms with Crippen LogP contribution < -0.4 is 0 Å². The number of hydrogen-bond acceptors (Lipinski definition) is 4. The number of rotatable bonds is 8. The molecule has 2 aromatic carbocycles. The molecule has 0 saturated carbocycles. The van der Waals surface area contributed by atoms with E-state index in [-0.39, 0.29) is 18.5 Å². The Balaban J connectivity index is 1.51. The molecule has 1 fully saturated rings. The Morgan fingerprint density at radius 2 is 1.77 bits per heavy atom. The van der Waals surface area contributed by atoms with Crippen LogP contribution in [-0.4, -0.2) is 64.9 Å². The van der Waals surface area contributed by atoms with Gasteiger partial charge in [0, 0.05) is 39.1 Å². The van der Waals surface area contributed by atoms with Crippen molar-refractivity contribution in [2.45, 2.75) is 37.3 Å². The highest BCUT2D eigenvalue weighted by molar-refractivity contribution is 5.30. The summed E-state index contributed by atoms with van der Waals surface area (Å²) in [6.07, 6.45) is -4.86. The van der Waals surface area contributed by atoms with Crippen molar-refractivity contribution in [2.75, 3.05) is 33.2 Å². The molecule has 0 aliphatic carbocycles. The standard InChI is InChI=1S/C23H29F3N2O2/c1-27(15-20(29)13-19-9-5-6-10-21(19)23(24,25)26)16-22(30)11-12-28(17-22)14-18-7-3-2-4-8-18/h2-10,20,29-30H,11-17H2,1H3. The lowest BCUT2D eigenvalue weighted by Crippen LogP contribution is -2.46. The Morgan fingerprint density at radius 1 is 1.10 bits per heavy atom. The van der Waals surface area contributed by atoms with Crippen LogP contribution in [0.15, 0.2) is 54.6 Å². The van der Waals surface area contributed by atoms with Crippen molar-refractivity contribution in [3.63, 3.8) is 0 Å². The van der Waals surface area contributed by atoms with Crippen LogP contribution in [0.3, 0.4) is 0 Å². The van der Waals surface area contributed by atoms with Crippen molar-refractivity contribution in [3.8, 4) is 0 Å². The average molecular weight is 422 g/mol. The van der Waals surface area contributed by atoms with Crippen LogP contribution in [0.25, 0.3) is 0 Å². The van der Waals surface area contributed by atoms with E-state index in [1.165, 1.54) is 17.7 Å². The Hall–Kier alpha value is -1.93. The molecule has 3 rings (SSSR count). The van der Waals surface area contributed by atoms with Gasteiger partial charge in [-0.25, -0.2) is 0 Å². The van der Waals surface area contributed by atoms with E-state index in [9.17, 15) is 23.4 Å². The van der Waals surface area contributed by atoms with Gasteiger partial charge in [-0.3, -0.25) is 4.90 Å². The normalized spacial score (nSPS) is 21.3. The van der Waals surface area contributed by atoms with Crippen LogP contribution in [-0.2, 0) is 19.1 Å². The zero-order valence-corrected chi connectivity index (χ0v) is 17.1. The summed E-state index contributed by atoms with van der Waals surface area (Å²) in [5.74, 6) is 0. The van der Waals surface area contributed by atoms with Crippen molar-refractivity contribution in [1.29, 1.82) is 0 Å². The van der Waals surface area contributed by atoms with Gasteiger partial charge in [-0.05, 0) is 30.7 Å². The van der Waals surface area contributed by atoms with Gasteiger partial charge in [0.1, 0.15) is 0 Å². The zero-order valence-electron chi connectivity index (χ0n) is 17.1. The molecule has 0 aromatic heterocycles. The Morgan fingerprint density at radius 3 is 2.47 bits per heavy atom. The number of aliphatic hydroxyl groups is 2. The molecule has 1 saturated heterocycles. The number of aliphatic hydroxyl groups excluding tert-OH is 1. The molecule has 4 nitrogen and oxygen atoms in total. The Bertz CT molecular complexity index is 816. The predicted molar refractivity (Wildman–Crippen MR) is 110 cm³/mol. The van der Waals surface area contributed by atoms with Gasteiger partial charge in [-0.15, -0.1) is 0 Å². The number of hydrogen-bond donors (Lipinski definition) is 2. The third-order valence-electron chi connectivity index (χ3n) is 5.53. The minimum absolute atomic E-state index is 0.0829. The van der Waals surface area contributed by atoms with Gasteiger partial charge >= 0.3 is 6.18 Å². The van der Waals surface area contributed by atoms with Gasteiger partial charge in [-0.2, -0.15) is 13.2 Å². The fourth-order valence-corrected chi connectivity index (χ4v) is 4.27. The van der Waals surface area contributed by atoms with E-state index in [2.05, 4.69) is 17.0 Å². The Kier molecular flexibility index (Phi) is 7.18. The van der Waals surface area contributed by atoms with Gasteiger partial charge in [0.15, 0.2) is 0 Å². The first-order valence-corrected chi connectivity index (χ1v) is 10.1. The monoisotopic (exact) mass is 422 g/mol. The third-order valence-corrected chi connectivity index (χ3v) is 5.53. The topological polar surface area (TPSA) is 46.9 Å². The minimum atomic E-state index is -4.44. The second kappa shape index (κ2) is 9.47. The SMILES string of the molecule is CN(CC(O)Cc1ccccc1C(F)(F)F)CC1(O)CCN(Cc2ccccc2)C1. The molecule has 1 aliphatic rings. The molecule has 164 valence electrons. The lowest BCUT2D eigenvalue weighted by molar-refractivity contribution is -0.138. The molecular formula is C23H29F3N2O2. The summed E-state index contributed by atoms with van der Waals surface area (Å²) in [5, 5.41) is 21.3. The van der Waals surface area contributed by atoms with Crippen LogP contribution in [0, 0.1) is 0 Å². The summed E-state index contributed by atoms with van der Waals surface area (Å²) in [4.78, 5) is 3.99. The van der Waals surface area contributed by atoms with Crippen molar-refractivity contribution in [1.82, 2.24) is 9.80 Å².